The molecule has 0 aliphatic heterocycles. The van der Waals surface area contributed by atoms with Gasteiger partial charge in [0, 0.05) is 0 Å². The van der Waals surface area contributed by atoms with E-state index in [2.05, 4.69) is 10.5 Å². The molecule has 0 aliphatic carbocycles. The summed E-state index contributed by atoms with van der Waals surface area (Å²) in [5.41, 5.74) is 8.53. The Bertz CT molecular complexity index is 332. The molecule has 0 unspecified atom stereocenters. The number of carbonyl (C=O) groups excluding carboxylic acids is 1. The third kappa shape index (κ3) is 3.24. The molecule has 0 spiro atoms. The number of aliphatic hydroxyl groups is 1. The summed E-state index contributed by atoms with van der Waals surface area (Å²) in [6.45, 7) is 0.0109. The minimum Gasteiger partial charge on any atom is -0.392 e. The van der Waals surface area contributed by atoms with Gasteiger partial charge in [0.15, 0.2) is 0 Å². The maximum Gasteiger partial charge on any atom is 0.332 e. The number of hydrazone groups is 1. The zero-order valence-electron chi connectivity index (χ0n) is 7.47. The van der Waals surface area contributed by atoms with Gasteiger partial charge in [-0.25, -0.2) is 10.2 Å². The lowest BCUT2D eigenvalue weighted by Crippen LogP contribution is -2.24. The first-order chi connectivity index (χ1) is 6.72. The number of aliphatic hydroxyl groups excluding tert-OH is 1. The van der Waals surface area contributed by atoms with E-state index in [0.717, 1.165) is 11.1 Å². The molecule has 0 bridgehead atoms. The quantitative estimate of drug-likeness (QED) is 0.472. The molecule has 0 aromatic heterocycles. The Kier molecular flexibility index (Phi) is 3.63. The van der Waals surface area contributed by atoms with Crippen molar-refractivity contribution in [2.75, 3.05) is 0 Å². The molecule has 4 N–H and O–H groups in total. The molecule has 74 valence electrons. The van der Waals surface area contributed by atoms with E-state index in [1.807, 2.05) is 0 Å². The van der Waals surface area contributed by atoms with Crippen LogP contribution >= 0.6 is 0 Å². The first-order valence-electron chi connectivity index (χ1n) is 4.00. The number of urea groups is 1. The smallest absolute Gasteiger partial charge is 0.332 e. The van der Waals surface area contributed by atoms with E-state index in [4.69, 9.17) is 10.8 Å². The number of hydrogen-bond acceptors (Lipinski definition) is 3. The van der Waals surface area contributed by atoms with Crippen molar-refractivity contribution in [1.82, 2.24) is 5.43 Å². The first-order valence-corrected chi connectivity index (χ1v) is 4.00. The lowest BCUT2D eigenvalue weighted by molar-refractivity contribution is 0.249. The number of carbonyl (C=O) groups is 1. The van der Waals surface area contributed by atoms with Gasteiger partial charge >= 0.3 is 6.03 Å². The molecule has 1 aromatic rings. The third-order valence-corrected chi connectivity index (χ3v) is 1.55. The minimum absolute atomic E-state index is 0.0109. The van der Waals surface area contributed by atoms with Crippen molar-refractivity contribution in [1.29, 1.82) is 0 Å². The van der Waals surface area contributed by atoms with Gasteiger partial charge in [0.2, 0.25) is 0 Å². The van der Waals surface area contributed by atoms with Crippen molar-refractivity contribution in [2.24, 2.45) is 10.8 Å². The molecule has 1 aromatic carbocycles. The van der Waals surface area contributed by atoms with E-state index >= 15 is 0 Å². The van der Waals surface area contributed by atoms with Crippen LogP contribution < -0.4 is 11.2 Å². The van der Waals surface area contributed by atoms with Gasteiger partial charge in [-0.05, 0) is 11.1 Å². The predicted octanol–water partition coefficient (Wildman–Crippen LogP) is 0.181. The van der Waals surface area contributed by atoms with E-state index in [1.54, 1.807) is 24.3 Å². The molecule has 0 saturated heterocycles. The molecular formula is C9H11N3O2. The molecule has 14 heavy (non-hydrogen) atoms. The van der Waals surface area contributed by atoms with Crippen LogP contribution in [0, 0.1) is 0 Å². The summed E-state index contributed by atoms with van der Waals surface area (Å²) >= 11 is 0. The fourth-order valence-electron chi connectivity index (χ4n) is 0.880. The van der Waals surface area contributed by atoms with Crippen molar-refractivity contribution < 1.29 is 9.90 Å². The Balaban J connectivity index is 2.59. The second kappa shape index (κ2) is 4.98. The highest BCUT2D eigenvalue weighted by Crippen LogP contribution is 2.01. The fraction of sp³-hybridized carbons (Fsp3) is 0.111. The predicted molar refractivity (Wildman–Crippen MR) is 52.7 cm³/mol. The molecule has 2 amide bonds. The van der Waals surface area contributed by atoms with Gasteiger partial charge in [0.1, 0.15) is 0 Å². The van der Waals surface area contributed by atoms with E-state index in [1.165, 1.54) is 6.21 Å². The summed E-state index contributed by atoms with van der Waals surface area (Å²) in [5, 5.41) is 12.4. The number of rotatable bonds is 3. The average Bonchev–Trinajstić information content (AvgIpc) is 2.18. The maximum atomic E-state index is 10.3. The minimum atomic E-state index is -0.701. The van der Waals surface area contributed by atoms with Crippen LogP contribution in [0.5, 0.6) is 0 Å². The van der Waals surface area contributed by atoms with Crippen molar-refractivity contribution in [3.8, 4) is 0 Å². The molecule has 0 fully saturated rings. The second-order valence-corrected chi connectivity index (χ2v) is 2.63. The Labute approximate surface area is 81.2 Å². The van der Waals surface area contributed by atoms with Crippen molar-refractivity contribution in [3.05, 3.63) is 35.4 Å². The zero-order chi connectivity index (χ0) is 10.4. The van der Waals surface area contributed by atoms with E-state index < -0.39 is 6.03 Å². The van der Waals surface area contributed by atoms with Crippen molar-refractivity contribution in [2.45, 2.75) is 6.61 Å². The van der Waals surface area contributed by atoms with Crippen LogP contribution in [0.1, 0.15) is 11.1 Å². The maximum absolute atomic E-state index is 10.3. The van der Waals surface area contributed by atoms with Crippen LogP contribution in [0.25, 0.3) is 0 Å². The molecule has 1 rings (SSSR count). The number of primary amides is 1. The Morgan fingerprint density at radius 1 is 1.50 bits per heavy atom. The van der Waals surface area contributed by atoms with Gasteiger partial charge in [-0.1, -0.05) is 24.3 Å². The summed E-state index contributed by atoms with van der Waals surface area (Å²) in [6.07, 6.45) is 1.46. The molecule has 0 saturated carbocycles. The summed E-state index contributed by atoms with van der Waals surface area (Å²) in [5.74, 6) is 0. The fourth-order valence-corrected chi connectivity index (χ4v) is 0.880. The van der Waals surface area contributed by atoms with Crippen LogP contribution in [0.4, 0.5) is 4.79 Å². The molecule has 0 aliphatic rings. The van der Waals surface area contributed by atoms with Crippen molar-refractivity contribution in [3.63, 3.8) is 0 Å². The zero-order valence-corrected chi connectivity index (χ0v) is 7.47. The largest absolute Gasteiger partial charge is 0.392 e. The highest BCUT2D eigenvalue weighted by Gasteiger charge is 1.90. The summed E-state index contributed by atoms with van der Waals surface area (Å²) in [6, 6.07) is 6.39. The molecule has 5 heteroatoms. The number of amides is 2. The van der Waals surface area contributed by atoms with Gasteiger partial charge in [0.25, 0.3) is 0 Å². The van der Waals surface area contributed by atoms with Gasteiger partial charge < -0.3 is 10.8 Å². The Morgan fingerprint density at radius 3 is 2.64 bits per heavy atom. The van der Waals surface area contributed by atoms with Crippen LogP contribution in [-0.4, -0.2) is 17.4 Å². The SMILES string of the molecule is NC(=O)NN=Cc1ccc(CO)cc1. The lowest BCUT2D eigenvalue weighted by Gasteiger charge is -1.96. The van der Waals surface area contributed by atoms with Gasteiger partial charge in [-0.2, -0.15) is 5.10 Å². The highest BCUT2D eigenvalue weighted by molar-refractivity contribution is 5.81. The third-order valence-electron chi connectivity index (χ3n) is 1.55. The number of benzene rings is 1. The number of hydrogen-bond donors (Lipinski definition) is 3. The molecular weight excluding hydrogens is 182 g/mol. The molecule has 0 heterocycles. The van der Waals surface area contributed by atoms with Crippen LogP contribution in [0.3, 0.4) is 0 Å². The van der Waals surface area contributed by atoms with Crippen LogP contribution in [0.15, 0.2) is 29.4 Å². The topological polar surface area (TPSA) is 87.7 Å². The van der Waals surface area contributed by atoms with Crippen LogP contribution in [0.2, 0.25) is 0 Å². The highest BCUT2D eigenvalue weighted by atomic mass is 16.3. The van der Waals surface area contributed by atoms with E-state index in [-0.39, 0.29) is 6.61 Å². The lowest BCUT2D eigenvalue weighted by atomic mass is 10.2. The van der Waals surface area contributed by atoms with Gasteiger partial charge in [-0.15, -0.1) is 0 Å². The monoisotopic (exact) mass is 193 g/mol. The Morgan fingerprint density at radius 2 is 2.14 bits per heavy atom. The van der Waals surface area contributed by atoms with E-state index in [0.29, 0.717) is 0 Å². The standard InChI is InChI=1S/C9H11N3O2/c10-9(14)12-11-5-7-1-3-8(6-13)4-2-7/h1-5,13H,6H2,(H3,10,12,14). The van der Waals surface area contributed by atoms with Gasteiger partial charge in [-0.3, -0.25) is 0 Å². The molecule has 0 radical (unpaired) electrons. The summed E-state index contributed by atoms with van der Waals surface area (Å²) in [7, 11) is 0. The Hall–Kier alpha value is -1.88. The summed E-state index contributed by atoms with van der Waals surface area (Å²) < 4.78 is 0. The molecule has 5 nitrogen and oxygen atoms in total. The van der Waals surface area contributed by atoms with Crippen LogP contribution in [-0.2, 0) is 6.61 Å². The number of nitrogens with one attached hydrogen (secondary N) is 1. The number of nitrogens with zero attached hydrogens (tertiary/aromatic N) is 1. The normalized spacial score (nSPS) is 10.4. The van der Waals surface area contributed by atoms with Crippen molar-refractivity contribution >= 4 is 12.2 Å². The van der Waals surface area contributed by atoms with E-state index in [9.17, 15) is 4.79 Å². The number of nitrogens with two attached hydrogens (primary N) is 1. The second-order valence-electron chi connectivity index (χ2n) is 2.63. The first kappa shape index (κ1) is 10.2. The average molecular weight is 193 g/mol. The van der Waals surface area contributed by atoms with Gasteiger partial charge in [0.05, 0.1) is 12.8 Å². The molecule has 0 atom stereocenters. The summed E-state index contributed by atoms with van der Waals surface area (Å²) in [4.78, 5) is 10.3.